The van der Waals surface area contributed by atoms with Gasteiger partial charge in [0.15, 0.2) is 0 Å². The van der Waals surface area contributed by atoms with Crippen LogP contribution in [0, 0.1) is 6.92 Å². The van der Waals surface area contributed by atoms with Crippen molar-refractivity contribution in [2.75, 3.05) is 7.11 Å². The number of ether oxygens (including phenoxy) is 1. The number of rotatable bonds is 2. The summed E-state index contributed by atoms with van der Waals surface area (Å²) in [5, 5.41) is 0. The van der Waals surface area contributed by atoms with Crippen molar-refractivity contribution in [3.8, 4) is 5.75 Å². The van der Waals surface area contributed by atoms with E-state index in [1.165, 1.54) is 29.5 Å². The van der Waals surface area contributed by atoms with E-state index < -0.39 is 0 Å². The molecular weight excluding hydrogens is 290 g/mol. The van der Waals surface area contributed by atoms with Crippen molar-refractivity contribution >= 4 is 15.9 Å². The highest BCUT2D eigenvalue weighted by Gasteiger charge is 2.29. The molecule has 0 aliphatic heterocycles. The molecule has 2 rings (SSSR count). The Balaban J connectivity index is 2.77. The first-order chi connectivity index (χ1) is 8.38. The van der Waals surface area contributed by atoms with Crippen LogP contribution in [-0.4, -0.2) is 7.11 Å². The van der Waals surface area contributed by atoms with Crippen LogP contribution in [-0.2, 0) is 18.4 Å². The highest BCUT2D eigenvalue weighted by molar-refractivity contribution is 9.10. The van der Waals surface area contributed by atoms with Gasteiger partial charge in [-0.3, -0.25) is 0 Å². The topological polar surface area (TPSA) is 35.2 Å². The molecule has 0 bridgehead atoms. The molecule has 1 aromatic carbocycles. The van der Waals surface area contributed by atoms with Gasteiger partial charge in [0.2, 0.25) is 0 Å². The fourth-order valence-corrected chi connectivity index (χ4v) is 3.89. The van der Waals surface area contributed by atoms with Gasteiger partial charge in [-0.05, 0) is 79.1 Å². The van der Waals surface area contributed by atoms with E-state index >= 15 is 0 Å². The molecule has 0 saturated carbocycles. The Kier molecular flexibility index (Phi) is 3.75. The van der Waals surface area contributed by atoms with E-state index in [-0.39, 0.29) is 5.54 Å². The fraction of sp³-hybridized carbons (Fsp3) is 0.600. The number of benzene rings is 1. The summed E-state index contributed by atoms with van der Waals surface area (Å²) in [4.78, 5) is 0. The van der Waals surface area contributed by atoms with Crippen LogP contribution in [0.4, 0.5) is 0 Å². The van der Waals surface area contributed by atoms with Crippen LogP contribution in [0.2, 0.25) is 0 Å². The van der Waals surface area contributed by atoms with Crippen molar-refractivity contribution < 1.29 is 4.74 Å². The lowest BCUT2D eigenvalue weighted by Gasteiger charge is -2.30. The zero-order valence-corrected chi connectivity index (χ0v) is 13.3. The molecule has 0 heterocycles. The summed E-state index contributed by atoms with van der Waals surface area (Å²) in [6, 6.07) is 0. The van der Waals surface area contributed by atoms with Crippen LogP contribution in [0.3, 0.4) is 0 Å². The van der Waals surface area contributed by atoms with Gasteiger partial charge in [0, 0.05) is 11.1 Å². The summed E-state index contributed by atoms with van der Waals surface area (Å²) >= 11 is 3.72. The zero-order chi connectivity index (χ0) is 13.5. The standard InChI is InChI=1S/C15H22BrNO/c1-9-10-7-5-6-8-11(10)13(16)14(18-4)12(9)15(2,3)17/h5-8,17H2,1-4H3. The molecule has 0 atom stereocenters. The number of nitrogens with two attached hydrogens (primary N) is 1. The number of hydrogen-bond donors (Lipinski definition) is 1. The lowest BCUT2D eigenvalue weighted by molar-refractivity contribution is 0.389. The quantitative estimate of drug-likeness (QED) is 0.900. The molecule has 1 aliphatic carbocycles. The molecule has 1 aliphatic rings. The minimum atomic E-state index is -0.385. The van der Waals surface area contributed by atoms with Crippen molar-refractivity contribution in [2.24, 2.45) is 5.73 Å². The minimum Gasteiger partial charge on any atom is -0.495 e. The molecule has 0 fully saturated rings. The lowest BCUT2D eigenvalue weighted by Crippen LogP contribution is -2.31. The Morgan fingerprint density at radius 2 is 1.72 bits per heavy atom. The minimum absolute atomic E-state index is 0.385. The van der Waals surface area contributed by atoms with E-state index in [1.807, 2.05) is 13.8 Å². The summed E-state index contributed by atoms with van der Waals surface area (Å²) in [7, 11) is 1.73. The Hall–Kier alpha value is -0.540. The molecule has 0 unspecified atom stereocenters. The Morgan fingerprint density at radius 3 is 2.22 bits per heavy atom. The first kappa shape index (κ1) is 13.9. The molecule has 2 nitrogen and oxygen atoms in total. The summed E-state index contributed by atoms with van der Waals surface area (Å²) in [5.41, 5.74) is 11.3. The van der Waals surface area contributed by atoms with Gasteiger partial charge in [0.25, 0.3) is 0 Å². The van der Waals surface area contributed by atoms with Gasteiger partial charge in [-0.25, -0.2) is 0 Å². The summed E-state index contributed by atoms with van der Waals surface area (Å²) in [5.74, 6) is 0.917. The van der Waals surface area contributed by atoms with Crippen molar-refractivity contribution in [3.05, 3.63) is 26.7 Å². The molecule has 0 spiro atoms. The van der Waals surface area contributed by atoms with Gasteiger partial charge in [-0.1, -0.05) is 0 Å². The number of methoxy groups -OCH3 is 1. The predicted octanol–water partition coefficient (Wildman–Crippen LogP) is 3.84. The predicted molar refractivity (Wildman–Crippen MR) is 79.3 cm³/mol. The maximum atomic E-state index is 6.34. The molecule has 100 valence electrons. The van der Waals surface area contributed by atoms with Crippen LogP contribution in [0.25, 0.3) is 0 Å². The van der Waals surface area contributed by atoms with Crippen LogP contribution < -0.4 is 10.5 Å². The van der Waals surface area contributed by atoms with Crippen LogP contribution >= 0.6 is 15.9 Å². The van der Waals surface area contributed by atoms with E-state index in [9.17, 15) is 0 Å². The fourth-order valence-electron chi connectivity index (χ4n) is 3.10. The second-order valence-corrected chi connectivity index (χ2v) is 6.53. The first-order valence-electron chi connectivity index (χ1n) is 6.55. The number of fused-ring (bicyclic) bond motifs is 1. The van der Waals surface area contributed by atoms with Crippen LogP contribution in [0.15, 0.2) is 4.47 Å². The van der Waals surface area contributed by atoms with Crippen molar-refractivity contribution in [1.82, 2.24) is 0 Å². The van der Waals surface area contributed by atoms with E-state index in [4.69, 9.17) is 10.5 Å². The highest BCUT2D eigenvalue weighted by Crippen LogP contribution is 2.44. The Bertz CT molecular complexity index is 475. The number of halogens is 1. The van der Waals surface area contributed by atoms with Gasteiger partial charge in [-0.2, -0.15) is 0 Å². The second-order valence-electron chi connectivity index (χ2n) is 5.73. The van der Waals surface area contributed by atoms with Crippen LogP contribution in [0.5, 0.6) is 5.75 Å². The van der Waals surface area contributed by atoms with E-state index in [2.05, 4.69) is 22.9 Å². The maximum Gasteiger partial charge on any atom is 0.138 e. The molecule has 18 heavy (non-hydrogen) atoms. The first-order valence-corrected chi connectivity index (χ1v) is 7.34. The van der Waals surface area contributed by atoms with Gasteiger partial charge in [0.1, 0.15) is 5.75 Å². The molecule has 0 saturated heterocycles. The molecule has 1 aromatic rings. The highest BCUT2D eigenvalue weighted by atomic mass is 79.9. The summed E-state index contributed by atoms with van der Waals surface area (Å²) in [6.07, 6.45) is 4.84. The van der Waals surface area contributed by atoms with E-state index in [1.54, 1.807) is 7.11 Å². The Labute approximate surface area is 118 Å². The third-order valence-electron chi connectivity index (χ3n) is 3.84. The molecule has 3 heteroatoms. The summed E-state index contributed by atoms with van der Waals surface area (Å²) in [6.45, 7) is 6.27. The van der Waals surface area contributed by atoms with Crippen molar-refractivity contribution in [1.29, 1.82) is 0 Å². The molecule has 2 N–H and O–H groups in total. The van der Waals surface area contributed by atoms with Gasteiger partial charge in [-0.15, -0.1) is 0 Å². The van der Waals surface area contributed by atoms with E-state index in [0.717, 1.165) is 28.6 Å². The molecular formula is C15H22BrNO. The number of hydrogen-bond acceptors (Lipinski definition) is 2. The van der Waals surface area contributed by atoms with Gasteiger partial charge < -0.3 is 10.5 Å². The largest absolute Gasteiger partial charge is 0.495 e. The summed E-state index contributed by atoms with van der Waals surface area (Å²) < 4.78 is 6.73. The monoisotopic (exact) mass is 311 g/mol. The third-order valence-corrected chi connectivity index (χ3v) is 4.67. The smallest absolute Gasteiger partial charge is 0.138 e. The second kappa shape index (κ2) is 4.86. The van der Waals surface area contributed by atoms with Crippen LogP contribution in [0.1, 0.15) is 48.9 Å². The average Bonchev–Trinajstić information content (AvgIpc) is 2.32. The maximum absolute atomic E-state index is 6.34. The van der Waals surface area contributed by atoms with Gasteiger partial charge >= 0.3 is 0 Å². The van der Waals surface area contributed by atoms with E-state index in [0.29, 0.717) is 0 Å². The molecule has 0 radical (unpaired) electrons. The SMILES string of the molecule is COc1c(Br)c2c(c(C)c1C(C)(C)N)CCCC2. The molecule has 0 amide bonds. The third kappa shape index (κ3) is 2.19. The van der Waals surface area contributed by atoms with Crippen molar-refractivity contribution in [2.45, 2.75) is 52.0 Å². The van der Waals surface area contributed by atoms with Gasteiger partial charge in [0.05, 0.1) is 11.6 Å². The normalized spacial score (nSPS) is 15.4. The average molecular weight is 312 g/mol. The Morgan fingerprint density at radius 1 is 1.17 bits per heavy atom. The lowest BCUT2D eigenvalue weighted by atomic mass is 9.81. The zero-order valence-electron chi connectivity index (χ0n) is 11.7. The molecule has 0 aromatic heterocycles. The van der Waals surface area contributed by atoms with Crippen molar-refractivity contribution in [3.63, 3.8) is 0 Å².